The summed E-state index contributed by atoms with van der Waals surface area (Å²) < 4.78 is 46.5. The standard InChI is InChI=1S/C19H23ClN2O6S/c1-5-27-17-10-13(9-15(20)19(17)28-6-2)12-21-22-29(23,24)18-11-14(25-3)7-8-16(18)26-4/h7-12,22H,5-6H2,1-4H3/b21-12+. The van der Waals surface area contributed by atoms with Gasteiger partial charge in [0.2, 0.25) is 0 Å². The summed E-state index contributed by atoms with van der Waals surface area (Å²) in [5, 5.41) is 4.15. The number of methoxy groups -OCH3 is 2. The van der Waals surface area contributed by atoms with E-state index in [1.807, 2.05) is 13.8 Å². The first-order valence-corrected chi connectivity index (χ1v) is 10.6. The van der Waals surface area contributed by atoms with Crippen molar-refractivity contribution >= 4 is 27.8 Å². The van der Waals surface area contributed by atoms with Gasteiger partial charge in [0, 0.05) is 6.07 Å². The Morgan fingerprint density at radius 1 is 1.03 bits per heavy atom. The Labute approximate surface area is 175 Å². The molecule has 0 atom stereocenters. The van der Waals surface area contributed by atoms with Crippen molar-refractivity contribution in [2.45, 2.75) is 18.7 Å². The Morgan fingerprint density at radius 2 is 1.76 bits per heavy atom. The molecule has 8 nitrogen and oxygen atoms in total. The van der Waals surface area contributed by atoms with E-state index in [9.17, 15) is 8.42 Å². The van der Waals surface area contributed by atoms with Gasteiger partial charge >= 0.3 is 0 Å². The predicted octanol–water partition coefficient (Wildman–Crippen LogP) is 3.47. The van der Waals surface area contributed by atoms with Gasteiger partial charge in [-0.25, -0.2) is 0 Å². The molecule has 0 aromatic heterocycles. The number of hydrogen-bond acceptors (Lipinski definition) is 7. The van der Waals surface area contributed by atoms with Crippen molar-refractivity contribution in [3.8, 4) is 23.0 Å². The smallest absolute Gasteiger partial charge is 0.280 e. The topological polar surface area (TPSA) is 95.5 Å². The van der Waals surface area contributed by atoms with Crippen molar-refractivity contribution in [3.05, 3.63) is 40.9 Å². The van der Waals surface area contributed by atoms with Gasteiger partial charge in [-0.15, -0.1) is 0 Å². The zero-order chi connectivity index (χ0) is 21.4. The number of sulfonamides is 1. The van der Waals surface area contributed by atoms with Crippen LogP contribution >= 0.6 is 11.6 Å². The van der Waals surface area contributed by atoms with E-state index in [4.69, 9.17) is 30.5 Å². The van der Waals surface area contributed by atoms with E-state index in [0.29, 0.717) is 41.0 Å². The Hall–Kier alpha value is -2.65. The third-order valence-corrected chi connectivity index (χ3v) is 5.19. The Bertz CT molecular complexity index is 979. The van der Waals surface area contributed by atoms with Gasteiger partial charge in [-0.2, -0.15) is 18.4 Å². The molecular weight excluding hydrogens is 420 g/mol. The minimum atomic E-state index is -3.99. The quantitative estimate of drug-likeness (QED) is 0.447. The lowest BCUT2D eigenvalue weighted by Crippen LogP contribution is -2.19. The number of nitrogens with zero attached hydrogens (tertiary/aromatic N) is 1. The SMILES string of the molecule is CCOc1cc(/C=N/NS(=O)(=O)c2cc(OC)ccc2OC)cc(Cl)c1OCC. The molecule has 0 unspecified atom stereocenters. The first kappa shape index (κ1) is 22.6. The van der Waals surface area contributed by atoms with E-state index in [1.165, 1.54) is 32.6 Å². The lowest BCUT2D eigenvalue weighted by Gasteiger charge is -2.13. The number of halogens is 1. The van der Waals surface area contributed by atoms with Crippen LogP contribution < -0.4 is 23.8 Å². The molecule has 2 aromatic rings. The molecule has 0 saturated heterocycles. The van der Waals surface area contributed by atoms with Gasteiger partial charge in [-0.05, 0) is 43.7 Å². The highest BCUT2D eigenvalue weighted by molar-refractivity contribution is 7.89. The van der Waals surface area contributed by atoms with E-state index in [2.05, 4.69) is 9.93 Å². The molecule has 0 saturated carbocycles. The Kier molecular flexibility index (Phi) is 7.98. The largest absolute Gasteiger partial charge is 0.497 e. The molecule has 0 fully saturated rings. The summed E-state index contributed by atoms with van der Waals surface area (Å²) >= 11 is 6.25. The van der Waals surface area contributed by atoms with Crippen LogP contribution in [0.3, 0.4) is 0 Å². The van der Waals surface area contributed by atoms with Crippen LogP contribution in [0, 0.1) is 0 Å². The Morgan fingerprint density at radius 3 is 2.38 bits per heavy atom. The van der Waals surface area contributed by atoms with Crippen LogP contribution in [0.1, 0.15) is 19.4 Å². The molecule has 10 heteroatoms. The van der Waals surface area contributed by atoms with E-state index >= 15 is 0 Å². The van der Waals surface area contributed by atoms with Crippen LogP contribution in [0.4, 0.5) is 0 Å². The third kappa shape index (κ3) is 5.68. The zero-order valence-corrected chi connectivity index (χ0v) is 18.1. The third-order valence-electron chi connectivity index (χ3n) is 3.67. The first-order chi connectivity index (χ1) is 13.9. The van der Waals surface area contributed by atoms with Gasteiger partial charge in [0.15, 0.2) is 11.5 Å². The van der Waals surface area contributed by atoms with Crippen molar-refractivity contribution in [2.24, 2.45) is 5.10 Å². The molecule has 0 amide bonds. The second kappa shape index (κ2) is 10.2. The van der Waals surface area contributed by atoms with Gasteiger partial charge in [0.05, 0.1) is 38.7 Å². The second-order valence-electron chi connectivity index (χ2n) is 5.57. The fourth-order valence-electron chi connectivity index (χ4n) is 2.42. The minimum absolute atomic E-state index is 0.101. The van der Waals surface area contributed by atoms with Gasteiger partial charge in [-0.1, -0.05) is 11.6 Å². The highest BCUT2D eigenvalue weighted by atomic mass is 35.5. The van der Waals surface area contributed by atoms with Crippen molar-refractivity contribution in [1.29, 1.82) is 0 Å². The van der Waals surface area contributed by atoms with Gasteiger partial charge in [0.25, 0.3) is 10.0 Å². The molecule has 0 aliphatic heterocycles. The maximum Gasteiger partial charge on any atom is 0.280 e. The first-order valence-electron chi connectivity index (χ1n) is 8.72. The minimum Gasteiger partial charge on any atom is -0.497 e. The number of ether oxygens (including phenoxy) is 4. The molecule has 0 aliphatic rings. The molecule has 0 bridgehead atoms. The van der Waals surface area contributed by atoms with E-state index in [-0.39, 0.29) is 10.6 Å². The molecule has 1 N–H and O–H groups in total. The molecule has 2 rings (SSSR count). The summed E-state index contributed by atoms with van der Waals surface area (Å²) in [5.74, 6) is 1.40. The van der Waals surface area contributed by atoms with E-state index in [1.54, 1.807) is 18.2 Å². The lowest BCUT2D eigenvalue weighted by atomic mass is 10.2. The van der Waals surface area contributed by atoms with Crippen LogP contribution in [0.2, 0.25) is 5.02 Å². The fraction of sp³-hybridized carbons (Fsp3) is 0.316. The molecule has 0 heterocycles. The normalized spacial score (nSPS) is 11.3. The Balaban J connectivity index is 2.29. The number of rotatable bonds is 10. The molecule has 0 aliphatic carbocycles. The fourth-order valence-corrected chi connectivity index (χ4v) is 3.67. The predicted molar refractivity (Wildman–Crippen MR) is 111 cm³/mol. The van der Waals surface area contributed by atoms with Crippen LogP contribution in [0.5, 0.6) is 23.0 Å². The second-order valence-corrected chi connectivity index (χ2v) is 7.60. The molecule has 0 radical (unpaired) electrons. The molecule has 2 aromatic carbocycles. The summed E-state index contributed by atoms with van der Waals surface area (Å²) in [6.45, 7) is 4.51. The average molecular weight is 443 g/mol. The molecular formula is C19H23ClN2O6S. The summed E-state index contributed by atoms with van der Waals surface area (Å²) in [6, 6.07) is 7.69. The van der Waals surface area contributed by atoms with Crippen molar-refractivity contribution in [3.63, 3.8) is 0 Å². The number of hydrogen-bond donors (Lipinski definition) is 1. The number of hydrazone groups is 1. The maximum absolute atomic E-state index is 12.6. The van der Waals surface area contributed by atoms with Gasteiger partial charge < -0.3 is 18.9 Å². The zero-order valence-electron chi connectivity index (χ0n) is 16.6. The van der Waals surface area contributed by atoms with Crippen LogP contribution in [-0.4, -0.2) is 42.1 Å². The molecule has 158 valence electrons. The highest BCUT2D eigenvalue weighted by Crippen LogP contribution is 2.36. The summed E-state index contributed by atoms with van der Waals surface area (Å²) in [7, 11) is -1.18. The number of nitrogens with one attached hydrogen (secondary N) is 1. The van der Waals surface area contributed by atoms with E-state index < -0.39 is 10.0 Å². The molecule has 29 heavy (non-hydrogen) atoms. The average Bonchev–Trinajstić information content (AvgIpc) is 2.70. The summed E-state index contributed by atoms with van der Waals surface area (Å²) in [5.41, 5.74) is 0.530. The summed E-state index contributed by atoms with van der Waals surface area (Å²) in [4.78, 5) is 2.05. The van der Waals surface area contributed by atoms with Crippen LogP contribution in [-0.2, 0) is 10.0 Å². The lowest BCUT2D eigenvalue weighted by molar-refractivity contribution is 0.288. The van der Waals surface area contributed by atoms with Gasteiger partial charge in [0.1, 0.15) is 16.4 Å². The maximum atomic E-state index is 12.6. The van der Waals surface area contributed by atoms with E-state index in [0.717, 1.165) is 0 Å². The van der Waals surface area contributed by atoms with Crippen molar-refractivity contribution in [1.82, 2.24) is 4.83 Å². The monoisotopic (exact) mass is 442 g/mol. The van der Waals surface area contributed by atoms with Gasteiger partial charge in [-0.3, -0.25) is 0 Å². The number of benzene rings is 2. The van der Waals surface area contributed by atoms with Crippen molar-refractivity contribution < 1.29 is 27.4 Å². The van der Waals surface area contributed by atoms with Crippen LogP contribution in [0.15, 0.2) is 40.3 Å². The van der Waals surface area contributed by atoms with Crippen molar-refractivity contribution in [2.75, 3.05) is 27.4 Å². The highest BCUT2D eigenvalue weighted by Gasteiger charge is 2.20. The van der Waals surface area contributed by atoms with Crippen LogP contribution in [0.25, 0.3) is 0 Å². The summed E-state index contributed by atoms with van der Waals surface area (Å²) in [6.07, 6.45) is 1.31. The molecule has 0 spiro atoms.